The van der Waals surface area contributed by atoms with E-state index < -0.39 is 23.6 Å². The predicted octanol–water partition coefficient (Wildman–Crippen LogP) is 4.48. The van der Waals surface area contributed by atoms with Crippen LogP contribution in [0.3, 0.4) is 0 Å². The first-order chi connectivity index (χ1) is 29.6. The Kier molecular flexibility index (Phi) is 13.8. The van der Waals surface area contributed by atoms with Crippen molar-refractivity contribution in [1.29, 1.82) is 0 Å². The number of anilines is 1. The third-order valence-electron chi connectivity index (χ3n) is 12.0. The highest BCUT2D eigenvalue weighted by Gasteiger charge is 2.33. The van der Waals surface area contributed by atoms with Crippen molar-refractivity contribution in [3.63, 3.8) is 0 Å². The molecule has 6 heterocycles. The first-order valence-corrected chi connectivity index (χ1v) is 20.8. The van der Waals surface area contributed by atoms with Gasteiger partial charge < -0.3 is 25.0 Å². The van der Waals surface area contributed by atoms with Crippen LogP contribution in [0.15, 0.2) is 59.7 Å². The quantitative estimate of drug-likeness (QED) is 0.0814. The van der Waals surface area contributed by atoms with Crippen LogP contribution in [0, 0.1) is 11.6 Å². The van der Waals surface area contributed by atoms with E-state index in [4.69, 9.17) is 19.6 Å². The fraction of sp³-hybridized carbons (Fsp3) is 0.465. The lowest BCUT2D eigenvalue weighted by Gasteiger charge is -2.32. The van der Waals surface area contributed by atoms with Crippen LogP contribution in [0.1, 0.15) is 97.3 Å². The van der Waals surface area contributed by atoms with Crippen molar-refractivity contribution >= 4 is 46.7 Å². The standard InChI is InChI=1S/C42H49F2N9O5.CH2O2/c1-49-36-24-28(7-10-34(36)53(42(49)57)35-11-12-38(54)48-41(35)56)27-13-18-50(19-14-27)21-23-58-22-4-2-3-16-45-40(55)31-26-46-52-20-15-37(47-39(31)52)51-17-5-6-33(51)30-25-29(43)8-9-32(30)44;2-1-3/h7-10,15,20,24-27,33,35H,2-6,11-14,16-19,21-23H2,1H3,(H,45,55)(H,48,54,56);1H,(H,2,3)/t33-,35?;/m1./s1. The molecule has 0 aliphatic carbocycles. The Balaban J connectivity index is 0.00000182. The van der Waals surface area contributed by atoms with Gasteiger partial charge in [-0.1, -0.05) is 6.07 Å². The number of hydrogen-bond acceptors (Lipinski definition) is 10. The lowest BCUT2D eigenvalue weighted by atomic mass is 9.89. The highest BCUT2D eigenvalue weighted by atomic mass is 19.1. The summed E-state index contributed by atoms with van der Waals surface area (Å²) in [6.45, 7) is 4.98. The summed E-state index contributed by atoms with van der Waals surface area (Å²) in [7, 11) is 1.73. The molecule has 3 amide bonds. The molecule has 61 heavy (non-hydrogen) atoms. The fourth-order valence-corrected chi connectivity index (χ4v) is 8.77. The van der Waals surface area contributed by atoms with Crippen molar-refractivity contribution in [2.45, 2.75) is 75.8 Å². The smallest absolute Gasteiger partial charge is 0.329 e. The molecule has 8 rings (SSSR count). The van der Waals surface area contributed by atoms with Crippen molar-refractivity contribution < 1.29 is 37.8 Å². The minimum Gasteiger partial charge on any atom is -0.483 e. The predicted molar refractivity (Wildman–Crippen MR) is 221 cm³/mol. The lowest BCUT2D eigenvalue weighted by molar-refractivity contribution is -0.135. The van der Waals surface area contributed by atoms with E-state index in [1.54, 1.807) is 28.4 Å². The second-order valence-electron chi connectivity index (χ2n) is 15.7. The molecule has 3 fully saturated rings. The zero-order chi connectivity index (χ0) is 43.0. The molecule has 3 saturated heterocycles. The van der Waals surface area contributed by atoms with Crippen LogP contribution in [-0.2, 0) is 26.2 Å². The number of imidazole rings is 1. The molecule has 324 valence electrons. The second kappa shape index (κ2) is 19.6. The van der Waals surface area contributed by atoms with Crippen molar-refractivity contribution in [3.8, 4) is 0 Å². The summed E-state index contributed by atoms with van der Waals surface area (Å²) in [4.78, 5) is 68.0. The molecule has 3 aliphatic heterocycles. The molecule has 0 bridgehead atoms. The third kappa shape index (κ3) is 9.65. The number of piperidine rings is 2. The number of amides is 3. The normalized spacial score (nSPS) is 18.6. The van der Waals surface area contributed by atoms with Crippen molar-refractivity contribution in [2.24, 2.45) is 7.05 Å². The Bertz CT molecular complexity index is 2440. The molecule has 0 spiro atoms. The maximum atomic E-state index is 14.6. The average Bonchev–Trinajstić information content (AvgIpc) is 3.98. The third-order valence-corrected chi connectivity index (χ3v) is 12.0. The highest BCUT2D eigenvalue weighted by Crippen LogP contribution is 2.37. The number of fused-ring (bicyclic) bond motifs is 2. The molecule has 3 aliphatic rings. The van der Waals surface area contributed by atoms with Gasteiger partial charge >= 0.3 is 5.69 Å². The van der Waals surface area contributed by atoms with Gasteiger partial charge in [-0.15, -0.1) is 0 Å². The Morgan fingerprint density at radius 1 is 0.967 bits per heavy atom. The van der Waals surface area contributed by atoms with Gasteiger partial charge in [0.1, 0.15) is 29.1 Å². The molecule has 2 atom stereocenters. The molecular formula is C43H51F2N9O7. The molecule has 3 aromatic heterocycles. The number of likely N-dealkylation sites (tertiary alicyclic amines) is 1. The van der Waals surface area contributed by atoms with E-state index in [9.17, 15) is 28.0 Å². The summed E-state index contributed by atoms with van der Waals surface area (Å²) in [5, 5.41) is 16.5. The summed E-state index contributed by atoms with van der Waals surface area (Å²) in [5.41, 5.74) is 3.50. The van der Waals surface area contributed by atoms with E-state index in [0.717, 1.165) is 75.8 Å². The van der Waals surface area contributed by atoms with E-state index in [2.05, 4.69) is 32.8 Å². The summed E-state index contributed by atoms with van der Waals surface area (Å²) >= 11 is 0. The molecular weight excluding hydrogens is 793 g/mol. The number of benzene rings is 2. The first-order valence-electron chi connectivity index (χ1n) is 20.8. The van der Waals surface area contributed by atoms with Crippen LogP contribution in [0.25, 0.3) is 16.7 Å². The van der Waals surface area contributed by atoms with Crippen LogP contribution >= 0.6 is 0 Å². The molecule has 18 heteroatoms. The molecule has 3 N–H and O–H groups in total. The second-order valence-corrected chi connectivity index (χ2v) is 15.7. The van der Waals surface area contributed by atoms with Gasteiger partial charge in [-0.3, -0.25) is 33.6 Å². The van der Waals surface area contributed by atoms with Crippen LogP contribution in [0.2, 0.25) is 0 Å². The number of aryl methyl sites for hydroxylation is 1. The number of carbonyl (C=O) groups is 4. The molecule has 2 aromatic carbocycles. The van der Waals surface area contributed by atoms with Gasteiger partial charge in [-0.2, -0.15) is 5.10 Å². The summed E-state index contributed by atoms with van der Waals surface area (Å²) in [6.07, 6.45) is 9.84. The summed E-state index contributed by atoms with van der Waals surface area (Å²) < 4.78 is 39.2. The van der Waals surface area contributed by atoms with Gasteiger partial charge in [0.25, 0.3) is 12.4 Å². The largest absolute Gasteiger partial charge is 0.483 e. The fourth-order valence-electron chi connectivity index (χ4n) is 8.77. The number of ether oxygens (including phenoxy) is 1. The molecule has 5 aromatic rings. The Morgan fingerprint density at radius 2 is 1.77 bits per heavy atom. The van der Waals surface area contributed by atoms with E-state index in [1.807, 2.05) is 11.0 Å². The van der Waals surface area contributed by atoms with Crippen LogP contribution in [0.5, 0.6) is 0 Å². The zero-order valence-corrected chi connectivity index (χ0v) is 34.1. The number of unbranched alkanes of at least 4 members (excludes halogenated alkanes) is 2. The van der Waals surface area contributed by atoms with Gasteiger partial charge in [-0.25, -0.2) is 23.1 Å². The molecule has 0 radical (unpaired) electrons. The first kappa shape index (κ1) is 43.1. The number of carboxylic acid groups (broad SMARTS) is 1. The number of nitrogens with zero attached hydrogens (tertiary/aromatic N) is 7. The van der Waals surface area contributed by atoms with Gasteiger partial charge in [-0.05, 0) is 112 Å². The van der Waals surface area contributed by atoms with Crippen molar-refractivity contribution in [2.75, 3.05) is 50.8 Å². The van der Waals surface area contributed by atoms with Gasteiger partial charge in [0, 0.05) is 51.5 Å². The SMILES string of the molecule is Cn1c(=O)n(C2CCC(=O)NC2=O)c2ccc(C3CCN(CCOCCCCCNC(=O)c4cnn5ccc(N6CCC[C@@H]6c6cc(F)ccc6F)nc45)CC3)cc21.O=CO. The molecule has 16 nitrogen and oxygen atoms in total. The maximum absolute atomic E-state index is 14.6. The van der Waals surface area contributed by atoms with E-state index >= 15 is 0 Å². The number of rotatable bonds is 14. The van der Waals surface area contributed by atoms with Gasteiger partial charge in [0.2, 0.25) is 11.8 Å². The average molecular weight is 844 g/mol. The van der Waals surface area contributed by atoms with Crippen LogP contribution in [-0.4, -0.2) is 104 Å². The zero-order valence-electron chi connectivity index (χ0n) is 34.1. The topological polar surface area (TPSA) is 185 Å². The maximum Gasteiger partial charge on any atom is 0.329 e. The monoisotopic (exact) mass is 843 g/mol. The number of carbonyl (C=O) groups excluding carboxylic acids is 3. The lowest BCUT2D eigenvalue weighted by Crippen LogP contribution is -2.44. The van der Waals surface area contributed by atoms with Gasteiger partial charge in [0.15, 0.2) is 5.65 Å². The van der Waals surface area contributed by atoms with E-state index in [0.29, 0.717) is 73.2 Å². The molecule has 1 unspecified atom stereocenters. The minimum absolute atomic E-state index is 0.213. The number of imide groups is 1. The summed E-state index contributed by atoms with van der Waals surface area (Å²) in [5.74, 6) is -0.962. The Hall–Kier alpha value is -6.01. The van der Waals surface area contributed by atoms with E-state index in [1.165, 1.54) is 22.4 Å². The number of nitrogens with one attached hydrogen (secondary N) is 2. The number of hydrogen-bond donors (Lipinski definition) is 3. The van der Waals surface area contributed by atoms with Crippen LogP contribution in [0.4, 0.5) is 14.6 Å². The highest BCUT2D eigenvalue weighted by molar-refractivity contribution is 6.00. The van der Waals surface area contributed by atoms with E-state index in [-0.39, 0.29) is 36.4 Å². The van der Waals surface area contributed by atoms with Crippen LogP contribution < -0.4 is 21.2 Å². The minimum atomic E-state index is -0.691. The van der Waals surface area contributed by atoms with Crippen molar-refractivity contribution in [3.05, 3.63) is 93.7 Å². The summed E-state index contributed by atoms with van der Waals surface area (Å²) in [6, 6.07) is 10.3. The Morgan fingerprint density at radius 3 is 2.56 bits per heavy atom. The molecule has 0 saturated carbocycles. The van der Waals surface area contributed by atoms with Gasteiger partial charge in [0.05, 0.1) is 29.9 Å². The Labute approximate surface area is 350 Å². The van der Waals surface area contributed by atoms with Crippen molar-refractivity contribution in [1.82, 2.24) is 39.3 Å². The number of aromatic nitrogens is 5. The number of halogens is 2.